The number of carbonyl (C=O) groups is 3. The number of hydroxylamine groups is 2. The lowest BCUT2D eigenvalue weighted by molar-refractivity contribution is -0.0575. The van der Waals surface area contributed by atoms with Crippen LogP contribution >= 0.6 is 0 Å². The van der Waals surface area contributed by atoms with Crippen LogP contribution in [0.25, 0.3) is 0 Å². The van der Waals surface area contributed by atoms with Crippen molar-refractivity contribution in [2.24, 2.45) is 0 Å². The van der Waals surface area contributed by atoms with E-state index < -0.39 is 17.9 Å². The van der Waals surface area contributed by atoms with Gasteiger partial charge in [-0.25, -0.2) is 4.79 Å². The summed E-state index contributed by atoms with van der Waals surface area (Å²) in [5.41, 5.74) is 1.52. The predicted octanol–water partition coefficient (Wildman–Crippen LogP) is 2.17. The monoisotopic (exact) mass is 381 g/mol. The fourth-order valence-electron chi connectivity index (χ4n) is 3.33. The third-order valence-electron chi connectivity index (χ3n) is 4.90. The number of ether oxygens (including phenoxy) is 1. The first-order valence-electron chi connectivity index (χ1n) is 8.92. The minimum Gasteiger partial charge on any atom is -0.497 e. The smallest absolute Gasteiger partial charge is 0.434 e. The Kier molecular flexibility index (Phi) is 4.60. The molecule has 4 rings (SSSR count). The summed E-state index contributed by atoms with van der Waals surface area (Å²) in [5, 5.41) is 0.544. The zero-order chi connectivity index (χ0) is 19.7. The maximum Gasteiger partial charge on any atom is 0.434 e. The maximum absolute atomic E-state index is 12.4. The van der Waals surface area contributed by atoms with Gasteiger partial charge in [0.25, 0.3) is 11.8 Å². The van der Waals surface area contributed by atoms with E-state index in [-0.39, 0.29) is 11.1 Å². The van der Waals surface area contributed by atoms with Crippen LogP contribution in [0, 0.1) is 0 Å². The Morgan fingerprint density at radius 2 is 1.43 bits per heavy atom. The molecule has 2 heterocycles. The number of hydrogen-bond acceptors (Lipinski definition) is 6. The molecule has 0 atom stereocenters. The van der Waals surface area contributed by atoms with Crippen molar-refractivity contribution in [3.8, 4) is 5.75 Å². The zero-order valence-electron chi connectivity index (χ0n) is 15.3. The first-order valence-corrected chi connectivity index (χ1v) is 8.92. The molecule has 2 aromatic rings. The van der Waals surface area contributed by atoms with Crippen LogP contribution in [0.4, 0.5) is 10.5 Å². The molecule has 2 aromatic carbocycles. The SMILES string of the molecule is COc1ccc(N2CCN(C(=O)ON3C(=O)c4ccccc4C3=O)CC2)cc1. The second-order valence-electron chi connectivity index (χ2n) is 6.48. The van der Waals surface area contributed by atoms with Gasteiger partial charge in [0, 0.05) is 31.9 Å². The van der Waals surface area contributed by atoms with E-state index in [4.69, 9.17) is 9.57 Å². The van der Waals surface area contributed by atoms with E-state index in [2.05, 4.69) is 4.90 Å². The van der Waals surface area contributed by atoms with Gasteiger partial charge in [0.05, 0.1) is 18.2 Å². The topological polar surface area (TPSA) is 79.4 Å². The Labute approximate surface area is 161 Å². The molecule has 8 heteroatoms. The summed E-state index contributed by atoms with van der Waals surface area (Å²) < 4.78 is 5.16. The number of carbonyl (C=O) groups excluding carboxylic acids is 3. The Bertz CT molecular complexity index is 885. The summed E-state index contributed by atoms with van der Waals surface area (Å²) in [4.78, 5) is 45.8. The third-order valence-corrected chi connectivity index (χ3v) is 4.90. The first kappa shape index (κ1) is 17.8. The number of nitrogens with zero attached hydrogens (tertiary/aromatic N) is 3. The number of fused-ring (bicyclic) bond motifs is 1. The van der Waals surface area contributed by atoms with Crippen molar-refractivity contribution < 1.29 is 24.0 Å². The second kappa shape index (κ2) is 7.22. The molecule has 0 unspecified atom stereocenters. The van der Waals surface area contributed by atoms with E-state index in [0.717, 1.165) is 11.4 Å². The lowest BCUT2D eigenvalue weighted by Gasteiger charge is -2.35. The van der Waals surface area contributed by atoms with Crippen LogP contribution in [-0.4, -0.2) is 61.2 Å². The number of piperazine rings is 1. The van der Waals surface area contributed by atoms with Crippen LogP contribution in [0.5, 0.6) is 5.75 Å². The largest absolute Gasteiger partial charge is 0.497 e. The summed E-state index contributed by atoms with van der Waals surface area (Å²) >= 11 is 0. The molecule has 1 fully saturated rings. The second-order valence-corrected chi connectivity index (χ2v) is 6.48. The predicted molar refractivity (Wildman–Crippen MR) is 100 cm³/mol. The molecule has 8 nitrogen and oxygen atoms in total. The number of hydrogen-bond donors (Lipinski definition) is 0. The Balaban J connectivity index is 1.36. The zero-order valence-corrected chi connectivity index (χ0v) is 15.3. The van der Waals surface area contributed by atoms with E-state index in [0.29, 0.717) is 31.2 Å². The highest BCUT2D eigenvalue weighted by Crippen LogP contribution is 2.24. The molecule has 144 valence electrons. The van der Waals surface area contributed by atoms with Crippen LogP contribution in [0.2, 0.25) is 0 Å². The standard InChI is InChI=1S/C20H19N3O5/c1-27-15-8-6-14(7-9-15)21-10-12-22(13-11-21)20(26)28-23-18(24)16-4-2-3-5-17(16)19(23)25/h2-9H,10-13H2,1H3. The molecule has 0 N–H and O–H groups in total. The molecular formula is C20H19N3O5. The minimum atomic E-state index is -0.705. The van der Waals surface area contributed by atoms with Crippen LogP contribution in [0.15, 0.2) is 48.5 Å². The highest BCUT2D eigenvalue weighted by Gasteiger charge is 2.39. The lowest BCUT2D eigenvalue weighted by Crippen LogP contribution is -2.50. The molecule has 0 saturated carbocycles. The molecule has 28 heavy (non-hydrogen) atoms. The molecular weight excluding hydrogens is 362 g/mol. The molecule has 2 aliphatic heterocycles. The van der Waals surface area contributed by atoms with E-state index in [1.54, 1.807) is 19.2 Å². The highest BCUT2D eigenvalue weighted by molar-refractivity contribution is 6.20. The van der Waals surface area contributed by atoms with Crippen molar-refractivity contribution in [1.82, 2.24) is 9.96 Å². The van der Waals surface area contributed by atoms with Gasteiger partial charge in [-0.2, -0.15) is 0 Å². The molecule has 0 aliphatic carbocycles. The van der Waals surface area contributed by atoms with Gasteiger partial charge in [-0.3, -0.25) is 9.59 Å². The fraction of sp³-hybridized carbons (Fsp3) is 0.250. The van der Waals surface area contributed by atoms with Gasteiger partial charge in [0.1, 0.15) is 5.75 Å². The Hall–Kier alpha value is -3.55. The summed E-state index contributed by atoms with van der Waals surface area (Å²) in [6.45, 7) is 2.08. The number of imide groups is 1. The number of rotatable bonds is 3. The van der Waals surface area contributed by atoms with Crippen LogP contribution in [0.1, 0.15) is 20.7 Å². The van der Waals surface area contributed by atoms with Crippen LogP contribution in [-0.2, 0) is 4.84 Å². The summed E-state index contributed by atoms with van der Waals surface area (Å²) in [5.74, 6) is -0.455. The quantitative estimate of drug-likeness (QED) is 0.758. The number of benzene rings is 2. The van der Waals surface area contributed by atoms with Gasteiger partial charge < -0.3 is 19.4 Å². The molecule has 0 spiro atoms. The van der Waals surface area contributed by atoms with Crippen molar-refractivity contribution >= 4 is 23.6 Å². The van der Waals surface area contributed by atoms with Crippen molar-refractivity contribution in [3.05, 3.63) is 59.7 Å². The molecule has 0 bridgehead atoms. The van der Waals surface area contributed by atoms with E-state index >= 15 is 0 Å². The molecule has 2 aliphatic rings. The lowest BCUT2D eigenvalue weighted by atomic mass is 10.1. The first-order chi connectivity index (χ1) is 13.6. The number of methoxy groups -OCH3 is 1. The van der Waals surface area contributed by atoms with Gasteiger partial charge in [-0.05, 0) is 36.4 Å². The van der Waals surface area contributed by atoms with Gasteiger partial charge in [-0.15, -0.1) is 0 Å². The summed E-state index contributed by atoms with van der Waals surface area (Å²) in [7, 11) is 1.62. The number of amides is 3. The van der Waals surface area contributed by atoms with Gasteiger partial charge >= 0.3 is 6.09 Å². The van der Waals surface area contributed by atoms with Crippen molar-refractivity contribution in [3.63, 3.8) is 0 Å². The average molecular weight is 381 g/mol. The van der Waals surface area contributed by atoms with Crippen molar-refractivity contribution in [2.45, 2.75) is 0 Å². The van der Waals surface area contributed by atoms with Crippen LogP contribution < -0.4 is 9.64 Å². The molecule has 1 saturated heterocycles. The van der Waals surface area contributed by atoms with Gasteiger partial charge in [-0.1, -0.05) is 17.2 Å². The maximum atomic E-state index is 12.4. The average Bonchev–Trinajstić information content (AvgIpc) is 2.99. The van der Waals surface area contributed by atoms with Crippen molar-refractivity contribution in [2.75, 3.05) is 38.2 Å². The summed E-state index contributed by atoms with van der Waals surface area (Å²) in [6, 6.07) is 14.1. The Morgan fingerprint density at radius 1 is 0.857 bits per heavy atom. The normalized spacial score (nSPS) is 16.2. The van der Waals surface area contributed by atoms with Crippen LogP contribution in [0.3, 0.4) is 0 Å². The molecule has 0 aromatic heterocycles. The molecule has 3 amide bonds. The third kappa shape index (κ3) is 3.13. The van der Waals surface area contributed by atoms with E-state index in [9.17, 15) is 14.4 Å². The van der Waals surface area contributed by atoms with Crippen molar-refractivity contribution in [1.29, 1.82) is 0 Å². The fourth-order valence-corrected chi connectivity index (χ4v) is 3.33. The number of anilines is 1. The minimum absolute atomic E-state index is 0.240. The molecule has 0 radical (unpaired) electrons. The van der Waals surface area contributed by atoms with Gasteiger partial charge in [0.2, 0.25) is 0 Å². The summed E-state index contributed by atoms with van der Waals surface area (Å²) in [6.07, 6.45) is -0.705. The van der Waals surface area contributed by atoms with Gasteiger partial charge in [0.15, 0.2) is 0 Å². The van der Waals surface area contributed by atoms with E-state index in [1.807, 2.05) is 24.3 Å². The Morgan fingerprint density at radius 3 is 1.96 bits per heavy atom. The van der Waals surface area contributed by atoms with E-state index in [1.165, 1.54) is 17.0 Å². The highest BCUT2D eigenvalue weighted by atomic mass is 16.7.